The molecule has 0 radical (unpaired) electrons. The first-order valence-corrected chi connectivity index (χ1v) is 3.94. The summed E-state index contributed by atoms with van der Waals surface area (Å²) in [6.45, 7) is 3.60. The Kier molecular flexibility index (Phi) is 20.6. The van der Waals surface area contributed by atoms with Gasteiger partial charge in [-0.2, -0.15) is 0 Å². The van der Waals surface area contributed by atoms with Crippen molar-refractivity contribution in [2.24, 2.45) is 0 Å². The summed E-state index contributed by atoms with van der Waals surface area (Å²) in [6.07, 6.45) is 1.70. The fraction of sp³-hybridized carbons (Fsp3) is 0.750. The summed E-state index contributed by atoms with van der Waals surface area (Å²) < 4.78 is 0. The molecule has 0 aliphatic rings. The topological polar surface area (TPSA) is 80.3 Å². The molecular weight excluding hydrogens is 367 g/mol. The van der Waals surface area contributed by atoms with Crippen LogP contribution in [0.5, 0.6) is 0 Å². The summed E-state index contributed by atoms with van der Waals surface area (Å²) in [4.78, 5) is 19.0. The van der Waals surface area contributed by atoms with Crippen LogP contribution in [-0.4, -0.2) is 39.2 Å². The average Bonchev–Trinajstić information content (AvgIpc) is 1.87. The van der Waals surface area contributed by atoms with Crippen LogP contribution in [0.2, 0.25) is 0 Å². The van der Waals surface area contributed by atoms with E-state index in [4.69, 9.17) is 0 Å². The van der Waals surface area contributed by atoms with Crippen molar-refractivity contribution in [1.29, 1.82) is 0 Å². The third-order valence-corrected chi connectivity index (χ3v) is 0.908. The first-order chi connectivity index (χ1) is 5.54. The Hall–Kier alpha value is -0.138. The van der Waals surface area contributed by atoms with Crippen molar-refractivity contribution in [2.75, 3.05) is 0 Å². The Morgan fingerprint density at radius 3 is 1.15 bits per heavy atom. The average molecular weight is 383 g/mol. The van der Waals surface area contributed by atoms with E-state index >= 15 is 0 Å². The monoisotopic (exact) mass is 384 g/mol. The minimum absolute atomic E-state index is 0. The Morgan fingerprint density at radius 1 is 0.923 bits per heavy atom. The Bertz CT molecular complexity index is 120. The number of hydrogen-bond acceptors (Lipinski definition) is 4. The Morgan fingerprint density at radius 2 is 1.15 bits per heavy atom. The molecule has 76 valence electrons. The van der Waals surface area contributed by atoms with Gasteiger partial charge in [0, 0.05) is 11.9 Å². The third kappa shape index (κ3) is 33.6. The van der Waals surface area contributed by atoms with Gasteiger partial charge < -0.3 is 19.8 Å². The first-order valence-electron chi connectivity index (χ1n) is 3.94. The SMILES string of the molecule is CCCC(=O)[O-].CCCC(=O)[O-].[PbH2+2]. The summed E-state index contributed by atoms with van der Waals surface area (Å²) in [5.41, 5.74) is 0. The molecular formula is C8H16O4Pb. The Labute approximate surface area is 98.5 Å². The molecule has 0 aromatic heterocycles. The fourth-order valence-corrected chi connectivity index (χ4v) is 0.408. The maximum absolute atomic E-state index is 9.49. The van der Waals surface area contributed by atoms with E-state index in [1.807, 2.05) is 0 Å². The fourth-order valence-electron chi connectivity index (χ4n) is 0.408. The van der Waals surface area contributed by atoms with Gasteiger partial charge in [-0.25, -0.2) is 0 Å². The first kappa shape index (κ1) is 18.6. The van der Waals surface area contributed by atoms with Crippen LogP contribution in [0.1, 0.15) is 39.5 Å². The van der Waals surface area contributed by atoms with E-state index in [0.29, 0.717) is 12.8 Å². The van der Waals surface area contributed by atoms with Crippen molar-refractivity contribution in [3.8, 4) is 0 Å². The quantitative estimate of drug-likeness (QED) is 0.534. The molecule has 0 spiro atoms. The van der Waals surface area contributed by atoms with Crippen molar-refractivity contribution in [2.45, 2.75) is 39.5 Å². The van der Waals surface area contributed by atoms with E-state index in [9.17, 15) is 19.8 Å². The van der Waals surface area contributed by atoms with Crippen molar-refractivity contribution in [3.05, 3.63) is 0 Å². The summed E-state index contributed by atoms with van der Waals surface area (Å²) in [6, 6.07) is 0. The zero-order valence-electron chi connectivity index (χ0n) is 8.17. The molecule has 0 saturated heterocycles. The molecule has 0 aliphatic carbocycles. The second-order valence-electron chi connectivity index (χ2n) is 2.24. The minimum atomic E-state index is -0.961. The predicted molar refractivity (Wildman–Crippen MR) is 48.4 cm³/mol. The molecule has 0 aliphatic heterocycles. The van der Waals surface area contributed by atoms with Crippen LogP contribution >= 0.6 is 0 Å². The molecule has 0 unspecified atom stereocenters. The van der Waals surface area contributed by atoms with Crippen molar-refractivity contribution in [1.82, 2.24) is 0 Å². The molecule has 13 heavy (non-hydrogen) atoms. The van der Waals surface area contributed by atoms with Crippen LogP contribution in [0.25, 0.3) is 0 Å². The molecule has 4 nitrogen and oxygen atoms in total. The summed E-state index contributed by atoms with van der Waals surface area (Å²) >= 11 is 0. The van der Waals surface area contributed by atoms with Crippen LogP contribution in [-0.2, 0) is 9.59 Å². The van der Waals surface area contributed by atoms with Gasteiger partial charge in [-0.3, -0.25) is 0 Å². The summed E-state index contributed by atoms with van der Waals surface area (Å²) in [5, 5.41) is 19.0. The number of hydrogen-bond donors (Lipinski definition) is 0. The molecule has 0 saturated carbocycles. The van der Waals surface area contributed by atoms with E-state index in [-0.39, 0.29) is 40.1 Å². The van der Waals surface area contributed by atoms with E-state index < -0.39 is 11.9 Å². The van der Waals surface area contributed by atoms with Crippen molar-refractivity contribution in [3.63, 3.8) is 0 Å². The van der Waals surface area contributed by atoms with Gasteiger partial charge in [0.15, 0.2) is 0 Å². The van der Waals surface area contributed by atoms with Crippen molar-refractivity contribution >= 4 is 39.2 Å². The number of carboxylic acid groups (broad SMARTS) is 2. The number of carbonyl (C=O) groups is 2. The zero-order chi connectivity index (χ0) is 9.98. The van der Waals surface area contributed by atoms with E-state index in [1.54, 1.807) is 13.8 Å². The molecule has 0 heterocycles. The van der Waals surface area contributed by atoms with Crippen LogP contribution in [0.3, 0.4) is 0 Å². The zero-order valence-corrected chi connectivity index (χ0v) is 13.7. The second kappa shape index (κ2) is 14.4. The van der Waals surface area contributed by atoms with Gasteiger partial charge in [0.2, 0.25) is 0 Å². The van der Waals surface area contributed by atoms with E-state index in [1.165, 1.54) is 0 Å². The number of carboxylic acids is 2. The number of rotatable bonds is 4. The van der Waals surface area contributed by atoms with E-state index in [0.717, 1.165) is 0 Å². The van der Waals surface area contributed by atoms with Gasteiger partial charge >= 0.3 is 27.3 Å². The van der Waals surface area contributed by atoms with Gasteiger partial charge in [-0.15, -0.1) is 0 Å². The predicted octanol–water partition coefficient (Wildman–Crippen LogP) is -1.84. The van der Waals surface area contributed by atoms with Crippen LogP contribution in [0.15, 0.2) is 0 Å². The van der Waals surface area contributed by atoms with Crippen LogP contribution in [0, 0.1) is 0 Å². The summed E-state index contributed by atoms with van der Waals surface area (Å²) in [7, 11) is 0. The van der Waals surface area contributed by atoms with Gasteiger partial charge in [-0.05, 0) is 12.8 Å². The Balaban J connectivity index is -0.000000143. The normalized spacial score (nSPS) is 7.54. The molecule has 0 amide bonds. The van der Waals surface area contributed by atoms with Gasteiger partial charge in [-0.1, -0.05) is 26.7 Å². The molecule has 0 bridgehead atoms. The van der Waals surface area contributed by atoms with Crippen LogP contribution in [0.4, 0.5) is 0 Å². The van der Waals surface area contributed by atoms with Gasteiger partial charge in [0.05, 0.1) is 0 Å². The molecule has 0 fully saturated rings. The molecule has 0 aromatic carbocycles. The molecule has 0 rings (SSSR count). The van der Waals surface area contributed by atoms with Gasteiger partial charge in [0.25, 0.3) is 0 Å². The number of aliphatic carboxylic acids is 2. The maximum atomic E-state index is 9.49. The molecule has 5 heteroatoms. The number of carbonyl (C=O) groups excluding carboxylic acids is 2. The van der Waals surface area contributed by atoms with E-state index in [2.05, 4.69) is 0 Å². The van der Waals surface area contributed by atoms with Gasteiger partial charge in [0.1, 0.15) is 0 Å². The standard InChI is InChI=1S/2C4H8O2.Pb.2H/c2*1-2-3-4(5)6;;;/h2*2-3H2,1H3,(H,5,6);;;/q;;+2;;/p-2. The van der Waals surface area contributed by atoms with Crippen LogP contribution < -0.4 is 10.2 Å². The summed E-state index contributed by atoms with van der Waals surface area (Å²) in [5.74, 6) is -1.92. The second-order valence-corrected chi connectivity index (χ2v) is 2.24. The third-order valence-electron chi connectivity index (χ3n) is 0.908. The molecule has 0 N–H and O–H groups in total. The molecule has 0 atom stereocenters. The molecule has 0 aromatic rings. The van der Waals surface area contributed by atoms with Crippen molar-refractivity contribution < 1.29 is 19.8 Å².